The first-order valence-corrected chi connectivity index (χ1v) is 8.56. The number of guanidine groups is 1. The number of nitrogens with two attached hydrogens (primary N) is 4. The molecular formula is C15H29N7O6. The number of nitrogens with one attached hydrogen (secondary N) is 2. The number of amides is 3. The lowest BCUT2D eigenvalue weighted by Gasteiger charge is -2.23. The minimum absolute atomic E-state index is 0.0293. The number of carboxylic acid groups (broad SMARTS) is 1. The van der Waals surface area contributed by atoms with Crippen molar-refractivity contribution in [2.24, 2.45) is 27.9 Å². The van der Waals surface area contributed by atoms with Gasteiger partial charge in [-0.25, -0.2) is 4.79 Å². The number of primary amides is 1. The Morgan fingerprint density at radius 2 is 1.57 bits per heavy atom. The van der Waals surface area contributed by atoms with E-state index in [1.807, 2.05) is 0 Å². The van der Waals surface area contributed by atoms with Gasteiger partial charge >= 0.3 is 5.97 Å². The summed E-state index contributed by atoms with van der Waals surface area (Å²) in [5, 5.41) is 23.2. The number of aliphatic carboxylic acids is 1. The van der Waals surface area contributed by atoms with E-state index in [1.165, 1.54) is 6.92 Å². The lowest BCUT2D eigenvalue weighted by atomic mass is 10.1. The minimum Gasteiger partial charge on any atom is -0.480 e. The second-order valence-electron chi connectivity index (χ2n) is 6.18. The molecule has 13 nitrogen and oxygen atoms in total. The van der Waals surface area contributed by atoms with E-state index in [4.69, 9.17) is 22.9 Å². The molecule has 0 aromatic heterocycles. The number of nitrogens with zero attached hydrogens (tertiary/aromatic N) is 1. The first-order valence-electron chi connectivity index (χ1n) is 8.56. The first-order chi connectivity index (χ1) is 13.0. The molecule has 0 saturated heterocycles. The van der Waals surface area contributed by atoms with Gasteiger partial charge in [0.25, 0.3) is 0 Å². The second kappa shape index (κ2) is 12.5. The van der Waals surface area contributed by atoms with Gasteiger partial charge in [-0.2, -0.15) is 0 Å². The van der Waals surface area contributed by atoms with Crippen LogP contribution in [0.3, 0.4) is 0 Å². The molecule has 0 aromatic carbocycles. The molecule has 13 heteroatoms. The van der Waals surface area contributed by atoms with Gasteiger partial charge in [0.2, 0.25) is 17.7 Å². The summed E-state index contributed by atoms with van der Waals surface area (Å²) >= 11 is 0. The van der Waals surface area contributed by atoms with Crippen molar-refractivity contribution >= 4 is 29.7 Å². The number of carbonyl (C=O) groups excluding carboxylic acids is 3. The zero-order valence-electron chi connectivity index (χ0n) is 15.6. The number of aliphatic hydroxyl groups excluding tert-OH is 1. The van der Waals surface area contributed by atoms with Crippen LogP contribution in [-0.4, -0.2) is 70.6 Å². The molecule has 0 fully saturated rings. The van der Waals surface area contributed by atoms with Crippen molar-refractivity contribution in [1.82, 2.24) is 10.6 Å². The molecule has 0 rings (SSSR count). The number of aliphatic imine (C=N–C) groups is 1. The maximum absolute atomic E-state index is 12.4. The molecule has 0 radical (unpaired) electrons. The van der Waals surface area contributed by atoms with Crippen LogP contribution in [0.5, 0.6) is 0 Å². The molecule has 3 amide bonds. The SMILES string of the molecule is C[C@@H](O)[C@H](N)C(=O)N[C@@H](CCC(N)=O)C(=O)N[C@@H](CCCN=C(N)N)C(=O)O. The van der Waals surface area contributed by atoms with E-state index >= 15 is 0 Å². The second-order valence-corrected chi connectivity index (χ2v) is 6.18. The Morgan fingerprint density at radius 3 is 2.04 bits per heavy atom. The summed E-state index contributed by atoms with van der Waals surface area (Å²) in [6, 6.07) is -3.83. The van der Waals surface area contributed by atoms with Crippen LogP contribution in [-0.2, 0) is 19.2 Å². The highest BCUT2D eigenvalue weighted by molar-refractivity contribution is 5.92. The van der Waals surface area contributed by atoms with Gasteiger partial charge < -0.3 is 43.8 Å². The summed E-state index contributed by atoms with van der Waals surface area (Å²) in [5.41, 5.74) is 20.9. The summed E-state index contributed by atoms with van der Waals surface area (Å²) in [7, 11) is 0. The van der Waals surface area contributed by atoms with E-state index in [0.29, 0.717) is 0 Å². The van der Waals surface area contributed by atoms with Crippen LogP contribution in [0, 0.1) is 0 Å². The average molecular weight is 403 g/mol. The van der Waals surface area contributed by atoms with Crippen molar-refractivity contribution < 1.29 is 29.4 Å². The van der Waals surface area contributed by atoms with Gasteiger partial charge in [-0.3, -0.25) is 19.4 Å². The van der Waals surface area contributed by atoms with Crippen LogP contribution >= 0.6 is 0 Å². The third-order valence-electron chi connectivity index (χ3n) is 3.69. The Labute approximate surface area is 161 Å². The van der Waals surface area contributed by atoms with Crippen molar-refractivity contribution in [3.05, 3.63) is 0 Å². The third-order valence-corrected chi connectivity index (χ3v) is 3.69. The minimum atomic E-state index is -1.31. The van der Waals surface area contributed by atoms with E-state index in [-0.39, 0.29) is 38.2 Å². The summed E-state index contributed by atoms with van der Waals surface area (Å²) < 4.78 is 0. The predicted molar refractivity (Wildman–Crippen MR) is 99.5 cm³/mol. The molecule has 0 unspecified atom stereocenters. The van der Waals surface area contributed by atoms with Crippen molar-refractivity contribution in [3.63, 3.8) is 0 Å². The molecule has 0 bridgehead atoms. The normalized spacial score (nSPS) is 14.8. The smallest absolute Gasteiger partial charge is 0.326 e. The Balaban J connectivity index is 5.05. The van der Waals surface area contributed by atoms with Crippen molar-refractivity contribution in [2.75, 3.05) is 6.54 Å². The molecule has 0 aliphatic heterocycles. The van der Waals surface area contributed by atoms with Crippen LogP contribution in [0.1, 0.15) is 32.6 Å². The molecule has 0 spiro atoms. The topological polar surface area (TPSA) is 249 Å². The van der Waals surface area contributed by atoms with Crippen molar-refractivity contribution in [2.45, 2.75) is 56.8 Å². The monoisotopic (exact) mass is 403 g/mol. The maximum atomic E-state index is 12.4. The van der Waals surface area contributed by atoms with Crippen LogP contribution < -0.4 is 33.6 Å². The summed E-state index contributed by atoms with van der Waals surface area (Å²) in [5.74, 6) is -3.81. The third kappa shape index (κ3) is 10.3. The Bertz CT molecular complexity index is 591. The molecule has 0 aliphatic carbocycles. The Morgan fingerprint density at radius 1 is 1.00 bits per heavy atom. The van der Waals surface area contributed by atoms with E-state index in [2.05, 4.69) is 15.6 Å². The van der Waals surface area contributed by atoms with Gasteiger partial charge in [0, 0.05) is 13.0 Å². The number of carbonyl (C=O) groups is 4. The zero-order valence-corrected chi connectivity index (χ0v) is 15.6. The standard InChI is InChI=1S/C15H29N7O6/c1-7(23)11(17)13(26)21-8(4-5-10(16)24)12(25)22-9(14(27)28)3-2-6-20-15(18)19/h7-9,11,23H,2-6,17H2,1H3,(H2,16,24)(H,21,26)(H,22,25)(H,27,28)(H4,18,19,20)/t7-,8+,9+,11+/m1/s1. The number of hydrogen-bond acceptors (Lipinski definition) is 7. The molecule has 0 heterocycles. The molecule has 0 saturated carbocycles. The van der Waals surface area contributed by atoms with Gasteiger partial charge in [0.15, 0.2) is 5.96 Å². The van der Waals surface area contributed by atoms with Crippen molar-refractivity contribution in [3.8, 4) is 0 Å². The highest BCUT2D eigenvalue weighted by atomic mass is 16.4. The molecule has 4 atom stereocenters. The average Bonchev–Trinajstić information content (AvgIpc) is 2.59. The van der Waals surface area contributed by atoms with Crippen LogP contribution in [0.2, 0.25) is 0 Å². The van der Waals surface area contributed by atoms with Crippen LogP contribution in [0.4, 0.5) is 0 Å². The van der Waals surface area contributed by atoms with Gasteiger partial charge in [-0.1, -0.05) is 0 Å². The summed E-state index contributed by atoms with van der Waals surface area (Å²) in [6.07, 6.45) is -1.27. The Kier molecular flexibility index (Phi) is 11.2. The number of carboxylic acids is 1. The highest BCUT2D eigenvalue weighted by Gasteiger charge is 2.29. The van der Waals surface area contributed by atoms with Gasteiger partial charge in [-0.15, -0.1) is 0 Å². The first kappa shape index (κ1) is 25.1. The Hall–Kier alpha value is -2.93. The predicted octanol–water partition coefficient (Wildman–Crippen LogP) is -3.93. The van der Waals surface area contributed by atoms with E-state index in [0.717, 1.165) is 0 Å². The quantitative estimate of drug-likeness (QED) is 0.0847. The van der Waals surface area contributed by atoms with E-state index < -0.39 is 47.9 Å². The van der Waals surface area contributed by atoms with Crippen LogP contribution in [0.25, 0.3) is 0 Å². The fraction of sp³-hybridized carbons (Fsp3) is 0.667. The largest absolute Gasteiger partial charge is 0.480 e. The molecule has 12 N–H and O–H groups in total. The van der Waals surface area contributed by atoms with Gasteiger partial charge in [-0.05, 0) is 26.2 Å². The fourth-order valence-electron chi connectivity index (χ4n) is 2.08. The molecule has 160 valence electrons. The molecular weight excluding hydrogens is 374 g/mol. The van der Waals surface area contributed by atoms with Crippen LogP contribution in [0.15, 0.2) is 4.99 Å². The summed E-state index contributed by atoms with van der Waals surface area (Å²) in [4.78, 5) is 50.5. The number of rotatable bonds is 13. The van der Waals surface area contributed by atoms with Gasteiger partial charge in [0.05, 0.1) is 6.10 Å². The highest BCUT2D eigenvalue weighted by Crippen LogP contribution is 2.04. The molecule has 28 heavy (non-hydrogen) atoms. The van der Waals surface area contributed by atoms with E-state index in [9.17, 15) is 29.4 Å². The molecule has 0 aromatic rings. The number of aliphatic hydroxyl groups is 1. The zero-order chi connectivity index (χ0) is 21.9. The fourth-order valence-corrected chi connectivity index (χ4v) is 2.08. The molecule has 0 aliphatic rings. The van der Waals surface area contributed by atoms with E-state index in [1.54, 1.807) is 0 Å². The lowest BCUT2D eigenvalue weighted by Crippen LogP contribution is -2.56. The van der Waals surface area contributed by atoms with Gasteiger partial charge in [0.1, 0.15) is 18.1 Å². The lowest BCUT2D eigenvalue weighted by molar-refractivity contribution is -0.142. The summed E-state index contributed by atoms with van der Waals surface area (Å²) in [6.45, 7) is 1.47. The number of hydrogen-bond donors (Lipinski definition) is 8. The maximum Gasteiger partial charge on any atom is 0.326 e. The van der Waals surface area contributed by atoms with Crippen molar-refractivity contribution in [1.29, 1.82) is 0 Å².